The molecule has 2 heterocycles. The Morgan fingerprint density at radius 1 is 0.875 bits per heavy atom. The first-order valence-electron chi connectivity index (χ1n) is 7.53. The number of rotatable bonds is 4. The SMILES string of the molecule is Nc1nc(NCc2ccccc2)nc2nc(-c3ccccc3)nn12. The van der Waals surface area contributed by atoms with Gasteiger partial charge in [0, 0.05) is 12.1 Å². The molecule has 118 valence electrons. The van der Waals surface area contributed by atoms with E-state index in [1.54, 1.807) is 0 Å². The third-order valence-electron chi connectivity index (χ3n) is 3.56. The molecule has 4 aromatic rings. The lowest BCUT2D eigenvalue weighted by Gasteiger charge is -2.05. The number of nitrogen functional groups attached to an aromatic ring is 1. The number of nitrogens with one attached hydrogen (secondary N) is 1. The summed E-state index contributed by atoms with van der Waals surface area (Å²) in [6, 6.07) is 19.7. The number of aromatic nitrogens is 5. The Kier molecular flexibility index (Phi) is 3.51. The van der Waals surface area contributed by atoms with E-state index in [9.17, 15) is 0 Å². The molecule has 2 aromatic heterocycles. The molecule has 24 heavy (non-hydrogen) atoms. The first-order chi connectivity index (χ1) is 11.8. The lowest BCUT2D eigenvalue weighted by atomic mass is 10.2. The molecule has 2 aromatic carbocycles. The smallest absolute Gasteiger partial charge is 0.259 e. The Morgan fingerprint density at radius 3 is 2.33 bits per heavy atom. The van der Waals surface area contributed by atoms with Gasteiger partial charge in [0.15, 0.2) is 5.82 Å². The second kappa shape index (κ2) is 5.96. The van der Waals surface area contributed by atoms with Crippen LogP contribution in [0.5, 0.6) is 0 Å². The maximum Gasteiger partial charge on any atom is 0.259 e. The van der Waals surface area contributed by atoms with E-state index in [4.69, 9.17) is 5.73 Å². The minimum atomic E-state index is 0.241. The first-order valence-corrected chi connectivity index (χ1v) is 7.53. The summed E-state index contributed by atoms with van der Waals surface area (Å²) in [7, 11) is 0. The normalized spacial score (nSPS) is 10.8. The summed E-state index contributed by atoms with van der Waals surface area (Å²) < 4.78 is 1.44. The maximum atomic E-state index is 5.99. The summed E-state index contributed by atoms with van der Waals surface area (Å²) in [5.74, 6) is 1.65. The van der Waals surface area contributed by atoms with Gasteiger partial charge in [-0.05, 0) is 5.56 Å². The van der Waals surface area contributed by atoms with Crippen LogP contribution in [0.4, 0.5) is 11.9 Å². The van der Waals surface area contributed by atoms with Crippen molar-refractivity contribution in [3.8, 4) is 11.4 Å². The maximum absolute atomic E-state index is 5.99. The Labute approximate surface area is 138 Å². The average Bonchev–Trinajstić information content (AvgIpc) is 3.06. The minimum absolute atomic E-state index is 0.241. The molecule has 0 fully saturated rings. The van der Waals surface area contributed by atoms with Crippen molar-refractivity contribution in [2.75, 3.05) is 11.1 Å². The lowest BCUT2D eigenvalue weighted by Crippen LogP contribution is -2.09. The van der Waals surface area contributed by atoms with E-state index in [-0.39, 0.29) is 5.95 Å². The molecule has 0 bridgehead atoms. The zero-order valence-corrected chi connectivity index (χ0v) is 12.8. The van der Waals surface area contributed by atoms with Crippen molar-refractivity contribution >= 4 is 17.7 Å². The van der Waals surface area contributed by atoms with E-state index in [0.717, 1.165) is 11.1 Å². The molecule has 0 aliphatic rings. The van der Waals surface area contributed by atoms with Gasteiger partial charge in [-0.15, -0.1) is 5.10 Å². The van der Waals surface area contributed by atoms with Crippen molar-refractivity contribution in [3.63, 3.8) is 0 Å². The fraction of sp³-hybridized carbons (Fsp3) is 0.0588. The van der Waals surface area contributed by atoms with Crippen molar-refractivity contribution in [2.45, 2.75) is 6.54 Å². The van der Waals surface area contributed by atoms with E-state index in [1.165, 1.54) is 4.52 Å². The Morgan fingerprint density at radius 2 is 1.58 bits per heavy atom. The second-order valence-electron chi connectivity index (χ2n) is 5.26. The van der Waals surface area contributed by atoms with Crippen LogP contribution < -0.4 is 11.1 Å². The molecular formula is C17H15N7. The van der Waals surface area contributed by atoms with E-state index in [1.807, 2.05) is 60.7 Å². The fourth-order valence-electron chi connectivity index (χ4n) is 2.37. The van der Waals surface area contributed by atoms with Gasteiger partial charge in [-0.2, -0.15) is 19.5 Å². The van der Waals surface area contributed by atoms with Crippen LogP contribution >= 0.6 is 0 Å². The van der Waals surface area contributed by atoms with E-state index >= 15 is 0 Å². The average molecular weight is 317 g/mol. The molecule has 3 N–H and O–H groups in total. The number of anilines is 2. The summed E-state index contributed by atoms with van der Waals surface area (Å²) in [5.41, 5.74) is 8.02. The molecule has 0 unspecified atom stereocenters. The van der Waals surface area contributed by atoms with Gasteiger partial charge in [0.2, 0.25) is 11.9 Å². The summed E-state index contributed by atoms with van der Waals surface area (Å²) in [4.78, 5) is 13.1. The highest BCUT2D eigenvalue weighted by atomic mass is 15.4. The topological polar surface area (TPSA) is 94.0 Å². The Bertz CT molecular complexity index is 964. The number of nitrogens with two attached hydrogens (primary N) is 1. The summed E-state index contributed by atoms with van der Waals surface area (Å²) in [6.45, 7) is 0.607. The number of fused-ring (bicyclic) bond motifs is 1. The third-order valence-corrected chi connectivity index (χ3v) is 3.56. The molecule has 7 nitrogen and oxygen atoms in total. The molecule has 4 rings (SSSR count). The van der Waals surface area contributed by atoms with Gasteiger partial charge in [-0.1, -0.05) is 60.7 Å². The molecule has 0 atom stereocenters. The monoisotopic (exact) mass is 317 g/mol. The number of benzene rings is 2. The van der Waals surface area contributed by atoms with E-state index in [0.29, 0.717) is 24.1 Å². The lowest BCUT2D eigenvalue weighted by molar-refractivity contribution is 0.905. The zero-order valence-electron chi connectivity index (χ0n) is 12.8. The molecule has 0 saturated heterocycles. The standard InChI is InChI=1S/C17H15N7/c18-15-21-16(19-11-12-7-3-1-4-8-12)22-17-20-14(23-24(15)17)13-9-5-2-6-10-13/h1-10H,11H2,(H3,18,19,20,21,22,23). The summed E-state index contributed by atoms with van der Waals surface area (Å²) in [5, 5.41) is 7.53. The predicted molar refractivity (Wildman–Crippen MR) is 92.2 cm³/mol. The van der Waals surface area contributed by atoms with Crippen LogP contribution in [0.25, 0.3) is 17.2 Å². The van der Waals surface area contributed by atoms with Crippen molar-refractivity contribution in [1.82, 2.24) is 24.6 Å². The van der Waals surface area contributed by atoms with Gasteiger partial charge in [0.25, 0.3) is 5.78 Å². The van der Waals surface area contributed by atoms with Gasteiger partial charge in [0.05, 0.1) is 0 Å². The van der Waals surface area contributed by atoms with Crippen molar-refractivity contribution in [1.29, 1.82) is 0 Å². The molecule has 0 amide bonds. The number of hydrogen-bond donors (Lipinski definition) is 2. The highest BCUT2D eigenvalue weighted by Gasteiger charge is 2.11. The van der Waals surface area contributed by atoms with Crippen LogP contribution in [-0.2, 0) is 6.54 Å². The quantitative estimate of drug-likeness (QED) is 0.600. The van der Waals surface area contributed by atoms with Crippen LogP contribution in [0, 0.1) is 0 Å². The molecule has 7 heteroatoms. The molecule has 0 saturated carbocycles. The molecule has 0 spiro atoms. The third kappa shape index (κ3) is 2.74. The Balaban J connectivity index is 1.64. The molecule has 0 aliphatic heterocycles. The highest BCUT2D eigenvalue weighted by Crippen LogP contribution is 2.17. The molecular weight excluding hydrogens is 302 g/mol. The molecule has 0 radical (unpaired) electrons. The number of nitrogens with zero attached hydrogens (tertiary/aromatic N) is 5. The van der Waals surface area contributed by atoms with Crippen molar-refractivity contribution in [3.05, 3.63) is 66.2 Å². The van der Waals surface area contributed by atoms with E-state index < -0.39 is 0 Å². The van der Waals surface area contributed by atoms with Crippen LogP contribution in [0.3, 0.4) is 0 Å². The molecule has 0 aliphatic carbocycles. The first kappa shape index (κ1) is 14.1. The zero-order chi connectivity index (χ0) is 16.4. The van der Waals surface area contributed by atoms with Crippen molar-refractivity contribution < 1.29 is 0 Å². The van der Waals surface area contributed by atoms with Gasteiger partial charge < -0.3 is 11.1 Å². The predicted octanol–water partition coefficient (Wildman–Crippen LogP) is 2.38. The largest absolute Gasteiger partial charge is 0.368 e. The van der Waals surface area contributed by atoms with Crippen LogP contribution in [-0.4, -0.2) is 24.6 Å². The number of hydrogen-bond acceptors (Lipinski definition) is 6. The summed E-state index contributed by atoms with van der Waals surface area (Å²) >= 11 is 0. The van der Waals surface area contributed by atoms with Gasteiger partial charge in [-0.25, -0.2) is 0 Å². The van der Waals surface area contributed by atoms with Crippen LogP contribution in [0.2, 0.25) is 0 Å². The van der Waals surface area contributed by atoms with Crippen LogP contribution in [0.1, 0.15) is 5.56 Å². The van der Waals surface area contributed by atoms with Gasteiger partial charge in [0.1, 0.15) is 0 Å². The van der Waals surface area contributed by atoms with Crippen LogP contribution in [0.15, 0.2) is 60.7 Å². The second-order valence-corrected chi connectivity index (χ2v) is 5.26. The van der Waals surface area contributed by atoms with Gasteiger partial charge >= 0.3 is 0 Å². The highest BCUT2D eigenvalue weighted by molar-refractivity contribution is 5.58. The fourth-order valence-corrected chi connectivity index (χ4v) is 2.37. The minimum Gasteiger partial charge on any atom is -0.368 e. The van der Waals surface area contributed by atoms with E-state index in [2.05, 4.69) is 25.4 Å². The summed E-state index contributed by atoms with van der Waals surface area (Å²) in [6.07, 6.45) is 0. The Hall–Kier alpha value is -3.48. The van der Waals surface area contributed by atoms with Gasteiger partial charge in [-0.3, -0.25) is 0 Å². The van der Waals surface area contributed by atoms with Crippen molar-refractivity contribution in [2.24, 2.45) is 0 Å².